The van der Waals surface area contributed by atoms with Gasteiger partial charge in [-0.15, -0.1) is 0 Å². The first-order chi connectivity index (χ1) is 7.00. The first kappa shape index (κ1) is 12.0. The molecular formula is C8H14N2O4S. The van der Waals surface area contributed by atoms with Crippen LogP contribution in [0.4, 0.5) is 4.79 Å². The van der Waals surface area contributed by atoms with Crippen LogP contribution in [0.15, 0.2) is 0 Å². The zero-order valence-corrected chi connectivity index (χ0v) is 9.25. The van der Waals surface area contributed by atoms with Crippen molar-refractivity contribution < 1.29 is 18.9 Å². The molecule has 1 aliphatic rings. The Morgan fingerprint density at radius 3 is 2.40 bits per heavy atom. The number of carboxylic acids is 1. The smallest absolute Gasteiger partial charge is 0.325 e. The second-order valence-corrected chi connectivity index (χ2v) is 5.04. The Balaban J connectivity index is 2.40. The molecule has 1 saturated heterocycles. The standard InChI is InChI=1S/C8H14N2O4S/c1-6(7(11)12)9-8(13)10-2-4-15(14)5-3-10/h6H,2-5H2,1H3,(H,9,13)(H,11,12)/t6-/m1/s1. The van der Waals surface area contributed by atoms with Crippen molar-refractivity contribution >= 4 is 22.8 Å². The lowest BCUT2D eigenvalue weighted by Crippen LogP contribution is -2.50. The van der Waals surface area contributed by atoms with Crippen LogP contribution < -0.4 is 5.32 Å². The topological polar surface area (TPSA) is 86.7 Å². The van der Waals surface area contributed by atoms with Crippen LogP contribution in [0, 0.1) is 0 Å². The van der Waals surface area contributed by atoms with E-state index >= 15 is 0 Å². The second kappa shape index (κ2) is 5.11. The number of carbonyl (C=O) groups is 2. The van der Waals surface area contributed by atoms with Crippen LogP contribution in [0.3, 0.4) is 0 Å². The van der Waals surface area contributed by atoms with E-state index < -0.39 is 28.8 Å². The van der Waals surface area contributed by atoms with Gasteiger partial charge < -0.3 is 15.3 Å². The Labute approximate surface area is 90.1 Å². The molecule has 1 heterocycles. The van der Waals surface area contributed by atoms with Gasteiger partial charge in [-0.1, -0.05) is 0 Å². The van der Waals surface area contributed by atoms with Crippen molar-refractivity contribution in [3.8, 4) is 0 Å². The minimum atomic E-state index is -1.07. The van der Waals surface area contributed by atoms with E-state index in [9.17, 15) is 13.8 Å². The largest absolute Gasteiger partial charge is 0.480 e. The number of nitrogens with zero attached hydrogens (tertiary/aromatic N) is 1. The first-order valence-electron chi connectivity index (χ1n) is 4.64. The molecule has 0 spiro atoms. The van der Waals surface area contributed by atoms with E-state index in [0.29, 0.717) is 24.6 Å². The minimum Gasteiger partial charge on any atom is -0.480 e. The molecule has 15 heavy (non-hydrogen) atoms. The molecule has 0 aromatic heterocycles. The van der Waals surface area contributed by atoms with Crippen molar-refractivity contribution in [1.29, 1.82) is 0 Å². The van der Waals surface area contributed by atoms with Crippen LogP contribution in [0.25, 0.3) is 0 Å². The van der Waals surface area contributed by atoms with Crippen LogP contribution in [-0.2, 0) is 15.6 Å². The molecule has 2 amide bonds. The molecule has 6 nitrogen and oxygen atoms in total. The summed E-state index contributed by atoms with van der Waals surface area (Å²) in [6, 6.07) is -1.30. The summed E-state index contributed by atoms with van der Waals surface area (Å²) in [6.45, 7) is 2.25. The Morgan fingerprint density at radius 1 is 1.40 bits per heavy atom. The fraction of sp³-hybridized carbons (Fsp3) is 0.750. The third-order valence-electron chi connectivity index (χ3n) is 2.18. The lowest BCUT2D eigenvalue weighted by molar-refractivity contribution is -0.138. The molecule has 0 bridgehead atoms. The summed E-state index contributed by atoms with van der Waals surface area (Å²) in [5.41, 5.74) is 0. The molecule has 0 radical (unpaired) electrons. The fourth-order valence-corrected chi connectivity index (χ4v) is 2.23. The monoisotopic (exact) mass is 234 g/mol. The third kappa shape index (κ3) is 3.50. The summed E-state index contributed by atoms with van der Waals surface area (Å²) in [5.74, 6) is -0.132. The van der Waals surface area contributed by atoms with Crippen molar-refractivity contribution in [2.24, 2.45) is 0 Å². The highest BCUT2D eigenvalue weighted by Gasteiger charge is 2.22. The van der Waals surface area contributed by atoms with Crippen LogP contribution >= 0.6 is 0 Å². The molecule has 86 valence electrons. The number of aliphatic carboxylic acids is 1. The van der Waals surface area contributed by atoms with Gasteiger partial charge in [-0.05, 0) is 6.92 Å². The first-order valence-corrected chi connectivity index (χ1v) is 6.12. The lowest BCUT2D eigenvalue weighted by atomic mass is 10.3. The summed E-state index contributed by atoms with van der Waals surface area (Å²) in [6.07, 6.45) is 0. The highest BCUT2D eigenvalue weighted by Crippen LogP contribution is 2.00. The van der Waals surface area contributed by atoms with E-state index in [-0.39, 0.29) is 0 Å². The Bertz CT molecular complexity index is 284. The van der Waals surface area contributed by atoms with Gasteiger partial charge in [-0.2, -0.15) is 0 Å². The highest BCUT2D eigenvalue weighted by molar-refractivity contribution is 7.85. The number of nitrogens with one attached hydrogen (secondary N) is 1. The zero-order valence-electron chi connectivity index (χ0n) is 8.43. The van der Waals surface area contributed by atoms with Crippen LogP contribution in [0.1, 0.15) is 6.92 Å². The van der Waals surface area contributed by atoms with Crippen LogP contribution in [0.5, 0.6) is 0 Å². The van der Waals surface area contributed by atoms with Gasteiger partial charge in [0.2, 0.25) is 0 Å². The van der Waals surface area contributed by atoms with E-state index in [1.807, 2.05) is 0 Å². The van der Waals surface area contributed by atoms with Crippen molar-refractivity contribution in [3.05, 3.63) is 0 Å². The molecule has 0 aromatic rings. The minimum absolute atomic E-state index is 0.401. The number of urea groups is 1. The number of carboxylic acid groups (broad SMARTS) is 1. The van der Waals surface area contributed by atoms with Crippen molar-refractivity contribution in [1.82, 2.24) is 10.2 Å². The number of rotatable bonds is 2. The van der Waals surface area contributed by atoms with E-state index in [0.717, 1.165) is 0 Å². The summed E-state index contributed by atoms with van der Waals surface area (Å²) in [5, 5.41) is 10.9. The molecule has 1 rings (SSSR count). The molecule has 0 aromatic carbocycles. The summed E-state index contributed by atoms with van der Waals surface area (Å²) < 4.78 is 11.0. The van der Waals surface area contributed by atoms with E-state index in [1.165, 1.54) is 11.8 Å². The van der Waals surface area contributed by atoms with Crippen molar-refractivity contribution in [3.63, 3.8) is 0 Å². The zero-order chi connectivity index (χ0) is 11.4. The molecule has 0 aliphatic carbocycles. The summed E-state index contributed by atoms with van der Waals surface area (Å²) in [4.78, 5) is 23.4. The fourth-order valence-electron chi connectivity index (χ4n) is 1.18. The Morgan fingerprint density at radius 2 is 1.93 bits per heavy atom. The highest BCUT2D eigenvalue weighted by atomic mass is 32.2. The van der Waals surface area contributed by atoms with E-state index in [2.05, 4.69) is 5.32 Å². The summed E-state index contributed by atoms with van der Waals surface area (Å²) >= 11 is 0. The van der Waals surface area contributed by atoms with Gasteiger partial charge in [0.15, 0.2) is 0 Å². The van der Waals surface area contributed by atoms with Gasteiger partial charge in [0.1, 0.15) is 6.04 Å². The van der Waals surface area contributed by atoms with Gasteiger partial charge in [0.05, 0.1) is 0 Å². The molecule has 2 N–H and O–H groups in total. The molecule has 0 saturated carbocycles. The predicted octanol–water partition coefficient (Wildman–Crippen LogP) is -0.767. The van der Waals surface area contributed by atoms with Crippen molar-refractivity contribution in [2.75, 3.05) is 24.6 Å². The molecule has 1 atom stereocenters. The van der Waals surface area contributed by atoms with Crippen LogP contribution in [0.2, 0.25) is 0 Å². The number of hydrogen-bond donors (Lipinski definition) is 2. The number of hydrogen-bond acceptors (Lipinski definition) is 3. The van der Waals surface area contributed by atoms with Gasteiger partial charge in [-0.3, -0.25) is 9.00 Å². The van der Waals surface area contributed by atoms with Gasteiger partial charge in [0, 0.05) is 35.4 Å². The Hall–Kier alpha value is -1.11. The summed E-state index contributed by atoms with van der Waals surface area (Å²) in [7, 11) is -0.837. The molecule has 1 aliphatic heterocycles. The normalized spacial score (nSPS) is 19.7. The molecular weight excluding hydrogens is 220 g/mol. The second-order valence-electron chi connectivity index (χ2n) is 3.34. The molecule has 1 fully saturated rings. The number of amides is 2. The van der Waals surface area contributed by atoms with Crippen molar-refractivity contribution in [2.45, 2.75) is 13.0 Å². The predicted molar refractivity (Wildman–Crippen MR) is 55.1 cm³/mol. The maximum Gasteiger partial charge on any atom is 0.325 e. The quantitative estimate of drug-likeness (QED) is 0.657. The van der Waals surface area contributed by atoms with Gasteiger partial charge in [-0.25, -0.2) is 4.79 Å². The maximum atomic E-state index is 11.5. The molecule has 7 heteroatoms. The van der Waals surface area contributed by atoms with Gasteiger partial charge in [0.25, 0.3) is 0 Å². The molecule has 0 unspecified atom stereocenters. The Kier molecular flexibility index (Phi) is 4.07. The SMILES string of the molecule is C[C@@H](NC(=O)N1CCS(=O)CC1)C(=O)O. The average molecular weight is 234 g/mol. The van der Waals surface area contributed by atoms with Gasteiger partial charge >= 0.3 is 12.0 Å². The average Bonchev–Trinajstić information content (AvgIpc) is 2.18. The number of carbonyl (C=O) groups excluding carboxylic acids is 1. The third-order valence-corrected chi connectivity index (χ3v) is 3.45. The lowest BCUT2D eigenvalue weighted by Gasteiger charge is -2.27. The van der Waals surface area contributed by atoms with E-state index in [1.54, 1.807) is 0 Å². The van der Waals surface area contributed by atoms with E-state index in [4.69, 9.17) is 5.11 Å². The van der Waals surface area contributed by atoms with Crippen LogP contribution in [-0.4, -0.2) is 56.9 Å². The maximum absolute atomic E-state index is 11.5.